The molecular weight excluding hydrogens is 358 g/mol. The van der Waals surface area contributed by atoms with Gasteiger partial charge in [-0.25, -0.2) is 4.39 Å². The first-order chi connectivity index (χ1) is 11.4. The molecule has 3 N–H and O–H groups in total. The number of hydrogen-bond donors (Lipinski definition) is 3. The van der Waals surface area contributed by atoms with E-state index < -0.39 is 17.6 Å². The topological polar surface area (TPSA) is 78.4 Å². The molecule has 0 aliphatic rings. The van der Waals surface area contributed by atoms with E-state index in [0.717, 1.165) is 12.1 Å². The maximum absolute atomic E-state index is 13.4. The average Bonchev–Trinajstić information content (AvgIpc) is 2.55. The van der Waals surface area contributed by atoms with Crippen molar-refractivity contribution in [3.8, 4) is 5.75 Å². The summed E-state index contributed by atoms with van der Waals surface area (Å²) in [5.74, 6) is -1.95. The Balaban J connectivity index is 1.86. The number of amides is 2. The molecule has 0 spiro atoms. The molecule has 2 rings (SSSR count). The lowest BCUT2D eigenvalue weighted by Gasteiger charge is -2.09. The number of rotatable bonds is 5. The summed E-state index contributed by atoms with van der Waals surface area (Å²) < 4.78 is 13.4. The van der Waals surface area contributed by atoms with Crippen molar-refractivity contribution in [2.24, 2.45) is 0 Å². The number of phenolic OH excluding ortho intramolecular Hbond substituents is 1. The van der Waals surface area contributed by atoms with Crippen molar-refractivity contribution in [1.29, 1.82) is 0 Å². The van der Waals surface area contributed by atoms with Gasteiger partial charge in [-0.05, 0) is 24.3 Å². The highest BCUT2D eigenvalue weighted by atomic mass is 35.5. The number of hydrogen-bond acceptors (Lipinski definition) is 3. The summed E-state index contributed by atoms with van der Waals surface area (Å²) in [4.78, 5) is 23.8. The maximum Gasteiger partial charge on any atom is 0.255 e. The van der Waals surface area contributed by atoms with E-state index in [4.69, 9.17) is 23.2 Å². The fourth-order valence-corrected chi connectivity index (χ4v) is 2.37. The minimum atomic E-state index is -0.751. The van der Waals surface area contributed by atoms with Crippen LogP contribution in [0.4, 0.5) is 4.39 Å². The molecule has 2 aromatic rings. The Labute approximate surface area is 147 Å². The molecule has 0 atom stereocenters. The molecule has 2 aromatic carbocycles. The number of nitrogens with one attached hydrogen (secondary N) is 2. The Kier molecular flexibility index (Phi) is 6.00. The molecule has 2 amide bonds. The maximum atomic E-state index is 13.4. The van der Waals surface area contributed by atoms with Gasteiger partial charge in [-0.15, -0.1) is 0 Å². The van der Waals surface area contributed by atoms with Gasteiger partial charge in [-0.1, -0.05) is 35.3 Å². The summed E-state index contributed by atoms with van der Waals surface area (Å²) in [7, 11) is 0. The van der Waals surface area contributed by atoms with Crippen molar-refractivity contribution in [2.45, 2.75) is 0 Å². The first-order valence-electron chi connectivity index (χ1n) is 6.89. The van der Waals surface area contributed by atoms with Gasteiger partial charge >= 0.3 is 0 Å². The normalized spacial score (nSPS) is 10.3. The van der Waals surface area contributed by atoms with Crippen LogP contribution in [0.1, 0.15) is 20.7 Å². The molecule has 24 heavy (non-hydrogen) atoms. The van der Waals surface area contributed by atoms with E-state index in [0.29, 0.717) is 0 Å². The van der Waals surface area contributed by atoms with Crippen LogP contribution < -0.4 is 10.6 Å². The fourth-order valence-electron chi connectivity index (χ4n) is 1.90. The molecule has 0 unspecified atom stereocenters. The van der Waals surface area contributed by atoms with Crippen LogP contribution >= 0.6 is 23.2 Å². The molecule has 0 aromatic heterocycles. The number of carbonyl (C=O) groups is 2. The van der Waals surface area contributed by atoms with Crippen molar-refractivity contribution in [3.05, 3.63) is 63.4 Å². The zero-order valence-electron chi connectivity index (χ0n) is 12.3. The van der Waals surface area contributed by atoms with Crippen LogP contribution in [-0.4, -0.2) is 30.0 Å². The van der Waals surface area contributed by atoms with Crippen LogP contribution in [0.25, 0.3) is 0 Å². The summed E-state index contributed by atoms with van der Waals surface area (Å²) in [5.41, 5.74) is 0.0808. The molecule has 0 heterocycles. The molecule has 0 aliphatic carbocycles. The molecular formula is C16H13Cl2FN2O3. The van der Waals surface area contributed by atoms with Gasteiger partial charge in [0.05, 0.1) is 21.2 Å². The van der Waals surface area contributed by atoms with Gasteiger partial charge in [0.1, 0.15) is 11.6 Å². The summed E-state index contributed by atoms with van der Waals surface area (Å²) in [6, 6.07) is 8.18. The number of phenols is 1. The lowest BCUT2D eigenvalue weighted by atomic mass is 10.2. The summed E-state index contributed by atoms with van der Waals surface area (Å²) in [6.07, 6.45) is 0. The predicted octanol–water partition coefficient (Wildman–Crippen LogP) is 3.00. The number of halogens is 3. The average molecular weight is 371 g/mol. The number of carbonyl (C=O) groups excluding carboxylic acids is 2. The minimum absolute atomic E-state index is 0.0251. The van der Waals surface area contributed by atoms with Crippen LogP contribution in [0.3, 0.4) is 0 Å². The SMILES string of the molecule is O=C(NCCNC(=O)c1cc(F)c(Cl)cc1Cl)c1ccccc1O. The van der Waals surface area contributed by atoms with Gasteiger partial charge in [-0.3, -0.25) is 9.59 Å². The Morgan fingerprint density at radius 2 is 1.54 bits per heavy atom. The summed E-state index contributed by atoms with van der Waals surface area (Å²) in [5, 5.41) is 14.4. The van der Waals surface area contributed by atoms with Crippen LogP contribution in [0.15, 0.2) is 36.4 Å². The number of benzene rings is 2. The minimum Gasteiger partial charge on any atom is -0.507 e. The number of para-hydroxylation sites is 1. The fraction of sp³-hybridized carbons (Fsp3) is 0.125. The zero-order chi connectivity index (χ0) is 17.7. The third-order valence-electron chi connectivity index (χ3n) is 3.10. The van der Waals surface area contributed by atoms with E-state index in [1.807, 2.05) is 0 Å². The van der Waals surface area contributed by atoms with Crippen LogP contribution in [0, 0.1) is 5.82 Å². The van der Waals surface area contributed by atoms with E-state index in [1.54, 1.807) is 12.1 Å². The Morgan fingerprint density at radius 1 is 0.958 bits per heavy atom. The highest BCUT2D eigenvalue weighted by Crippen LogP contribution is 2.24. The zero-order valence-corrected chi connectivity index (χ0v) is 13.8. The van der Waals surface area contributed by atoms with Crippen molar-refractivity contribution >= 4 is 35.0 Å². The number of aromatic hydroxyl groups is 1. The largest absolute Gasteiger partial charge is 0.507 e. The smallest absolute Gasteiger partial charge is 0.255 e. The van der Waals surface area contributed by atoms with Gasteiger partial charge in [0.25, 0.3) is 11.8 Å². The molecule has 0 radical (unpaired) electrons. The highest BCUT2D eigenvalue weighted by Gasteiger charge is 2.14. The summed E-state index contributed by atoms with van der Waals surface area (Å²) in [6.45, 7) is 0.214. The van der Waals surface area contributed by atoms with E-state index >= 15 is 0 Å². The van der Waals surface area contributed by atoms with Gasteiger partial charge in [0.15, 0.2) is 0 Å². The first kappa shape index (κ1) is 18.0. The molecule has 5 nitrogen and oxygen atoms in total. The monoisotopic (exact) mass is 370 g/mol. The summed E-state index contributed by atoms with van der Waals surface area (Å²) >= 11 is 11.4. The van der Waals surface area contributed by atoms with Crippen LogP contribution in [0.5, 0.6) is 5.75 Å². The van der Waals surface area contributed by atoms with Gasteiger partial charge in [-0.2, -0.15) is 0 Å². The third-order valence-corrected chi connectivity index (χ3v) is 3.70. The predicted molar refractivity (Wildman–Crippen MR) is 89.2 cm³/mol. The van der Waals surface area contributed by atoms with Crippen molar-refractivity contribution in [1.82, 2.24) is 10.6 Å². The molecule has 8 heteroatoms. The molecule has 0 saturated carbocycles. The Bertz CT molecular complexity index is 784. The third kappa shape index (κ3) is 4.37. The van der Waals surface area contributed by atoms with Crippen molar-refractivity contribution in [2.75, 3.05) is 13.1 Å². The molecule has 126 valence electrons. The second-order valence-electron chi connectivity index (χ2n) is 4.78. The Hall–Kier alpha value is -2.31. The van der Waals surface area contributed by atoms with E-state index in [1.165, 1.54) is 12.1 Å². The van der Waals surface area contributed by atoms with Crippen LogP contribution in [0.2, 0.25) is 10.0 Å². The second-order valence-corrected chi connectivity index (χ2v) is 5.59. The molecule has 0 bridgehead atoms. The van der Waals surface area contributed by atoms with E-state index in [9.17, 15) is 19.1 Å². The Morgan fingerprint density at radius 3 is 2.17 bits per heavy atom. The van der Waals surface area contributed by atoms with Gasteiger partial charge in [0.2, 0.25) is 0 Å². The quantitative estimate of drug-likeness (QED) is 0.559. The second kappa shape index (κ2) is 7.99. The van der Waals surface area contributed by atoms with Gasteiger partial charge in [0, 0.05) is 13.1 Å². The van der Waals surface area contributed by atoms with Crippen molar-refractivity contribution in [3.63, 3.8) is 0 Å². The lowest BCUT2D eigenvalue weighted by Crippen LogP contribution is -2.34. The highest BCUT2D eigenvalue weighted by molar-refractivity contribution is 6.36. The van der Waals surface area contributed by atoms with E-state index in [2.05, 4.69) is 10.6 Å². The van der Waals surface area contributed by atoms with Crippen molar-refractivity contribution < 1.29 is 19.1 Å². The lowest BCUT2D eigenvalue weighted by molar-refractivity contribution is 0.0926. The van der Waals surface area contributed by atoms with E-state index in [-0.39, 0.29) is 40.0 Å². The molecule has 0 saturated heterocycles. The first-order valence-corrected chi connectivity index (χ1v) is 7.64. The van der Waals surface area contributed by atoms with Crippen LogP contribution in [-0.2, 0) is 0 Å². The van der Waals surface area contributed by atoms with Gasteiger partial charge < -0.3 is 15.7 Å². The molecule has 0 fully saturated rings. The standard InChI is InChI=1S/C16H13Cl2FN2O3/c17-11-8-12(18)13(19)7-10(11)16(24)21-6-5-20-15(23)9-3-1-2-4-14(9)22/h1-4,7-8,22H,5-6H2,(H,20,23)(H,21,24). The molecule has 0 aliphatic heterocycles.